The summed E-state index contributed by atoms with van der Waals surface area (Å²) < 4.78 is 4.86. The van der Waals surface area contributed by atoms with Crippen LogP contribution in [0.3, 0.4) is 0 Å². The van der Waals surface area contributed by atoms with Crippen LogP contribution in [0.15, 0.2) is 97.6 Å². The van der Waals surface area contributed by atoms with Crippen molar-refractivity contribution in [2.24, 2.45) is 0 Å². The Morgan fingerprint density at radius 2 is 1.33 bits per heavy atom. The van der Waals surface area contributed by atoms with E-state index in [1.54, 1.807) is 0 Å². The van der Waals surface area contributed by atoms with Gasteiger partial charge in [-0.2, -0.15) is 0 Å². The van der Waals surface area contributed by atoms with E-state index in [9.17, 15) is 0 Å². The number of hydrogen-bond acceptors (Lipinski definition) is 0. The molecule has 0 aliphatic carbocycles. The van der Waals surface area contributed by atoms with Gasteiger partial charge in [0.2, 0.25) is 0 Å². The monoisotopic (exact) mass is 422 g/mol. The molecule has 7 rings (SSSR count). The number of rotatable bonds is 2. The van der Waals surface area contributed by atoms with Gasteiger partial charge in [0.15, 0.2) is 0 Å². The summed E-state index contributed by atoms with van der Waals surface area (Å²) in [6, 6.07) is 30.8. The van der Waals surface area contributed by atoms with Gasteiger partial charge in [0, 0.05) is 37.8 Å². The number of para-hydroxylation sites is 2. The van der Waals surface area contributed by atoms with E-state index in [1.165, 1.54) is 65.3 Å². The largest absolute Gasteiger partial charge is 0.309 e. The fraction of sp³-hybridized carbons (Fsp3) is 0.0323. The van der Waals surface area contributed by atoms with E-state index in [0.717, 1.165) is 0 Å². The van der Waals surface area contributed by atoms with Crippen molar-refractivity contribution in [3.05, 3.63) is 108 Å². The molecule has 2 nitrogen and oxygen atoms in total. The van der Waals surface area contributed by atoms with Crippen LogP contribution in [-0.4, -0.2) is 8.97 Å². The molecule has 0 aliphatic rings. The van der Waals surface area contributed by atoms with Crippen molar-refractivity contribution in [1.82, 2.24) is 8.97 Å². The third-order valence-electron chi connectivity index (χ3n) is 6.96. The summed E-state index contributed by atoms with van der Waals surface area (Å²) in [5.41, 5.74) is 6.14. The van der Waals surface area contributed by atoms with E-state index >= 15 is 0 Å². The van der Waals surface area contributed by atoms with Gasteiger partial charge >= 0.3 is 0 Å². The smallest absolute Gasteiger partial charge is 0.0619 e. The van der Waals surface area contributed by atoms with Crippen molar-refractivity contribution in [2.75, 3.05) is 0 Å². The first-order chi connectivity index (χ1) is 16.3. The lowest BCUT2D eigenvalue weighted by Crippen LogP contribution is -2.25. The van der Waals surface area contributed by atoms with Gasteiger partial charge in [-0.1, -0.05) is 79.4 Å². The second kappa shape index (κ2) is 6.60. The molecule has 0 amide bonds. The second-order valence-electron chi connectivity index (χ2n) is 8.57. The quantitative estimate of drug-likeness (QED) is 0.299. The maximum Gasteiger partial charge on any atom is 0.0619 e. The summed E-state index contributed by atoms with van der Waals surface area (Å²) in [5, 5.41) is 8.86. The Balaban J connectivity index is 1.93. The number of nitrogens with zero attached hydrogens (tertiary/aromatic N) is 2. The Hall–Kier alpha value is -4.30. The van der Waals surface area contributed by atoms with Crippen molar-refractivity contribution >= 4 is 61.1 Å². The summed E-state index contributed by atoms with van der Waals surface area (Å²) in [4.78, 5) is 0. The van der Waals surface area contributed by atoms with Crippen LogP contribution in [0.2, 0.25) is 0 Å². The van der Waals surface area contributed by atoms with Crippen molar-refractivity contribution in [2.45, 2.75) is 6.92 Å². The fourth-order valence-electron chi connectivity index (χ4n) is 5.78. The Morgan fingerprint density at radius 3 is 2.12 bits per heavy atom. The van der Waals surface area contributed by atoms with Crippen LogP contribution < -0.4 is 10.6 Å². The molecule has 33 heavy (non-hydrogen) atoms. The van der Waals surface area contributed by atoms with E-state index < -0.39 is 0 Å². The minimum absolute atomic E-state index is 1.18. The average Bonchev–Trinajstić information content (AvgIpc) is 3.33. The van der Waals surface area contributed by atoms with E-state index in [-0.39, 0.29) is 0 Å². The first-order valence-corrected chi connectivity index (χ1v) is 11.4. The van der Waals surface area contributed by atoms with Gasteiger partial charge in [0.1, 0.15) is 0 Å². The first-order valence-electron chi connectivity index (χ1n) is 11.4. The Morgan fingerprint density at radius 1 is 0.667 bits per heavy atom. The molecule has 0 spiro atoms. The summed E-state index contributed by atoms with van der Waals surface area (Å²) in [5.74, 6) is 0. The fourth-order valence-corrected chi connectivity index (χ4v) is 5.78. The molecule has 0 radical (unpaired) electrons. The van der Waals surface area contributed by atoms with Gasteiger partial charge in [-0.15, -0.1) is 0 Å². The van der Waals surface area contributed by atoms with Crippen molar-refractivity contribution < 1.29 is 0 Å². The zero-order valence-electron chi connectivity index (χ0n) is 18.4. The summed E-state index contributed by atoms with van der Waals surface area (Å²) >= 11 is 0. The summed E-state index contributed by atoms with van der Waals surface area (Å²) in [6.45, 7) is 6.12. The molecule has 2 heteroatoms. The standard InChI is InChI=1S/C31H22N2/c1-3-11-21-23-15-8-16-24-22-14-9-17-26-29(22)30-27(32(26)20-12-6-5-7-13-20)18-10-19-28(30)33(31(23)24)25(21)4-2/h3-19H,1H2,2H3/b21-11-,25-4+. The Labute approximate surface area is 190 Å². The molecule has 0 saturated carbocycles. The highest BCUT2D eigenvalue weighted by Gasteiger charge is 2.20. The van der Waals surface area contributed by atoms with Crippen LogP contribution in [-0.2, 0) is 0 Å². The number of fused-ring (bicyclic) bond motifs is 2. The second-order valence-corrected chi connectivity index (χ2v) is 8.57. The Kier molecular flexibility index (Phi) is 3.66. The molecule has 0 atom stereocenters. The van der Waals surface area contributed by atoms with Gasteiger partial charge in [-0.3, -0.25) is 0 Å². The Bertz CT molecular complexity index is 1980. The van der Waals surface area contributed by atoms with Gasteiger partial charge < -0.3 is 8.97 Å². The van der Waals surface area contributed by atoms with Crippen molar-refractivity contribution in [1.29, 1.82) is 0 Å². The zero-order chi connectivity index (χ0) is 22.1. The predicted molar refractivity (Wildman–Crippen MR) is 142 cm³/mol. The maximum absolute atomic E-state index is 3.99. The molecule has 0 saturated heterocycles. The lowest BCUT2D eigenvalue weighted by Gasteiger charge is -2.08. The van der Waals surface area contributed by atoms with Crippen molar-refractivity contribution in [3.8, 4) is 5.69 Å². The predicted octanol–water partition coefficient (Wildman–Crippen LogP) is 6.55. The van der Waals surface area contributed by atoms with Crippen LogP contribution >= 0.6 is 0 Å². The van der Waals surface area contributed by atoms with Crippen LogP contribution in [0.5, 0.6) is 0 Å². The van der Waals surface area contributed by atoms with E-state index in [1.807, 2.05) is 6.08 Å². The number of hydrogen-bond donors (Lipinski definition) is 0. The molecular formula is C31H22N2. The molecule has 4 aromatic carbocycles. The van der Waals surface area contributed by atoms with E-state index in [2.05, 4.69) is 120 Å². The van der Waals surface area contributed by atoms with Crippen LogP contribution in [0.4, 0.5) is 0 Å². The normalized spacial score (nSPS) is 13.5. The van der Waals surface area contributed by atoms with Crippen LogP contribution in [0, 0.1) is 0 Å². The molecule has 0 unspecified atom stereocenters. The number of benzene rings is 4. The molecule has 3 heterocycles. The van der Waals surface area contributed by atoms with E-state index in [4.69, 9.17) is 0 Å². The number of allylic oxidation sites excluding steroid dienone is 1. The molecular weight excluding hydrogens is 400 g/mol. The molecule has 0 fully saturated rings. The highest BCUT2D eigenvalue weighted by Crippen LogP contribution is 2.40. The maximum atomic E-state index is 3.99. The lowest BCUT2D eigenvalue weighted by molar-refractivity contribution is 1.18. The van der Waals surface area contributed by atoms with Gasteiger partial charge in [0.05, 0.1) is 22.1 Å². The van der Waals surface area contributed by atoms with E-state index in [0.29, 0.717) is 0 Å². The highest BCUT2D eigenvalue weighted by atomic mass is 15.0. The van der Waals surface area contributed by atoms with Crippen LogP contribution in [0.1, 0.15) is 6.92 Å². The minimum atomic E-state index is 1.18. The third kappa shape index (κ3) is 2.22. The minimum Gasteiger partial charge on any atom is -0.309 e. The highest BCUT2D eigenvalue weighted by molar-refractivity contribution is 6.28. The molecule has 0 N–H and O–H groups in total. The summed E-state index contributed by atoms with van der Waals surface area (Å²) in [6.07, 6.45) is 6.25. The number of aromatic nitrogens is 2. The zero-order valence-corrected chi connectivity index (χ0v) is 18.4. The molecule has 156 valence electrons. The third-order valence-corrected chi connectivity index (χ3v) is 6.96. The van der Waals surface area contributed by atoms with Gasteiger partial charge in [-0.05, 0) is 42.6 Å². The van der Waals surface area contributed by atoms with Crippen LogP contribution in [0.25, 0.3) is 66.8 Å². The molecule has 0 aliphatic heterocycles. The van der Waals surface area contributed by atoms with Gasteiger partial charge in [0.25, 0.3) is 0 Å². The first kappa shape index (κ1) is 18.3. The topological polar surface area (TPSA) is 9.34 Å². The van der Waals surface area contributed by atoms with Gasteiger partial charge in [-0.25, -0.2) is 0 Å². The molecule has 0 bridgehead atoms. The lowest BCUT2D eigenvalue weighted by atomic mass is 10.0. The summed E-state index contributed by atoms with van der Waals surface area (Å²) in [7, 11) is 0. The average molecular weight is 423 g/mol. The molecule has 3 aromatic heterocycles. The SMILES string of the molecule is C=C/C=c1\c(=C/C)n2c3cccc4c3c3c(cccc3n4-c3ccccc3)c3cccc1c32. The van der Waals surface area contributed by atoms with Crippen molar-refractivity contribution in [3.63, 3.8) is 0 Å². The molecule has 7 aromatic rings.